The molecule has 0 radical (unpaired) electrons. The van der Waals surface area contributed by atoms with Crippen molar-refractivity contribution in [3.8, 4) is 0 Å². The maximum atomic E-state index is 6.09. The summed E-state index contributed by atoms with van der Waals surface area (Å²) in [6.45, 7) is 0. The van der Waals surface area contributed by atoms with Crippen LogP contribution in [0.15, 0.2) is 36.7 Å². The Morgan fingerprint density at radius 3 is 2.87 bits per heavy atom. The van der Waals surface area contributed by atoms with Crippen molar-refractivity contribution in [3.05, 3.63) is 53.1 Å². The van der Waals surface area contributed by atoms with Gasteiger partial charge in [0.1, 0.15) is 5.82 Å². The number of aromatic nitrogens is 2. The van der Waals surface area contributed by atoms with Crippen LogP contribution in [0.5, 0.6) is 0 Å². The first-order valence-corrected chi connectivity index (χ1v) is 5.04. The van der Waals surface area contributed by atoms with Gasteiger partial charge in [0, 0.05) is 24.5 Å². The minimum Gasteiger partial charge on any atom is -0.336 e. The Balaban J connectivity index is 2.36. The fraction of sp³-hybridized carbons (Fsp3) is 0.182. The molecule has 1 aromatic heterocycles. The molecule has 0 bridgehead atoms. The molecule has 0 spiro atoms. The van der Waals surface area contributed by atoms with E-state index >= 15 is 0 Å². The lowest BCUT2D eigenvalue weighted by atomic mass is 10.1. The van der Waals surface area contributed by atoms with Crippen LogP contribution in [-0.4, -0.2) is 9.55 Å². The first kappa shape index (κ1) is 10.2. The van der Waals surface area contributed by atoms with Gasteiger partial charge in [0.05, 0.1) is 6.04 Å². The zero-order valence-electron chi connectivity index (χ0n) is 8.39. The normalized spacial score (nSPS) is 12.7. The molecule has 0 aliphatic carbocycles. The molecule has 0 aliphatic rings. The number of benzene rings is 1. The van der Waals surface area contributed by atoms with Gasteiger partial charge in [0.15, 0.2) is 0 Å². The van der Waals surface area contributed by atoms with E-state index < -0.39 is 0 Å². The number of hydrogen-bond donors (Lipinski definition) is 1. The molecule has 0 saturated carbocycles. The fourth-order valence-electron chi connectivity index (χ4n) is 1.53. The lowest BCUT2D eigenvalue weighted by Crippen LogP contribution is -2.16. The summed E-state index contributed by atoms with van der Waals surface area (Å²) in [5.74, 6) is 0.831. The highest BCUT2D eigenvalue weighted by Crippen LogP contribution is 2.20. The van der Waals surface area contributed by atoms with Crippen molar-refractivity contribution in [2.24, 2.45) is 12.8 Å². The average molecular weight is 222 g/mol. The largest absolute Gasteiger partial charge is 0.336 e. The maximum absolute atomic E-state index is 6.09. The summed E-state index contributed by atoms with van der Waals surface area (Å²) in [4.78, 5) is 4.22. The third-order valence-electron chi connectivity index (χ3n) is 2.34. The molecule has 0 aliphatic heterocycles. The summed E-state index contributed by atoms with van der Waals surface area (Å²) in [5, 5.41) is 0.692. The summed E-state index contributed by atoms with van der Waals surface area (Å²) in [7, 11) is 1.92. The standard InChI is InChI=1S/C11H12ClN3/c1-15-6-5-14-11(15)10(13)8-3-2-4-9(12)7-8/h2-7,10H,13H2,1H3/t10-/m1/s1. The monoisotopic (exact) mass is 221 g/mol. The van der Waals surface area contributed by atoms with Gasteiger partial charge >= 0.3 is 0 Å². The van der Waals surface area contributed by atoms with Gasteiger partial charge in [-0.25, -0.2) is 4.98 Å². The minimum atomic E-state index is -0.233. The molecule has 0 unspecified atom stereocenters. The molecule has 1 heterocycles. The first-order valence-electron chi connectivity index (χ1n) is 4.67. The third kappa shape index (κ3) is 2.03. The number of rotatable bonds is 2. The molecular formula is C11H12ClN3. The van der Waals surface area contributed by atoms with Crippen molar-refractivity contribution in [1.82, 2.24) is 9.55 Å². The fourth-order valence-corrected chi connectivity index (χ4v) is 1.72. The molecule has 78 valence electrons. The molecule has 4 heteroatoms. The molecule has 0 fully saturated rings. The Kier molecular flexibility index (Phi) is 2.75. The zero-order chi connectivity index (χ0) is 10.8. The number of imidazole rings is 1. The van der Waals surface area contributed by atoms with Crippen LogP contribution in [0.1, 0.15) is 17.4 Å². The van der Waals surface area contributed by atoms with Crippen LogP contribution >= 0.6 is 11.6 Å². The first-order chi connectivity index (χ1) is 7.18. The highest BCUT2D eigenvalue weighted by Gasteiger charge is 2.12. The van der Waals surface area contributed by atoms with Gasteiger partial charge in [-0.2, -0.15) is 0 Å². The number of halogens is 1. The lowest BCUT2D eigenvalue weighted by Gasteiger charge is -2.11. The van der Waals surface area contributed by atoms with Gasteiger partial charge in [-0.3, -0.25) is 0 Å². The van der Waals surface area contributed by atoms with Gasteiger partial charge in [-0.05, 0) is 17.7 Å². The summed E-state index contributed by atoms with van der Waals surface area (Å²) < 4.78 is 1.91. The Bertz CT molecular complexity index is 464. The van der Waals surface area contributed by atoms with Gasteiger partial charge in [-0.15, -0.1) is 0 Å². The molecule has 2 rings (SSSR count). The van der Waals surface area contributed by atoms with Crippen molar-refractivity contribution >= 4 is 11.6 Å². The summed E-state index contributed by atoms with van der Waals surface area (Å²) >= 11 is 5.91. The Labute approximate surface area is 93.5 Å². The van der Waals surface area contributed by atoms with E-state index in [9.17, 15) is 0 Å². The van der Waals surface area contributed by atoms with E-state index in [2.05, 4.69) is 4.98 Å². The van der Waals surface area contributed by atoms with E-state index in [-0.39, 0.29) is 6.04 Å². The van der Waals surface area contributed by atoms with E-state index in [1.807, 2.05) is 42.1 Å². The average Bonchev–Trinajstić information content (AvgIpc) is 2.63. The van der Waals surface area contributed by atoms with Gasteiger partial charge < -0.3 is 10.3 Å². The second-order valence-corrected chi connectivity index (χ2v) is 3.87. The SMILES string of the molecule is Cn1ccnc1[C@H](N)c1cccc(Cl)c1. The van der Waals surface area contributed by atoms with Gasteiger partial charge in [0.25, 0.3) is 0 Å². The molecule has 0 amide bonds. The number of aryl methyl sites for hydroxylation is 1. The zero-order valence-corrected chi connectivity index (χ0v) is 9.15. The summed E-state index contributed by atoms with van der Waals surface area (Å²) in [5.41, 5.74) is 7.06. The van der Waals surface area contributed by atoms with Crippen LogP contribution < -0.4 is 5.73 Å². The van der Waals surface area contributed by atoms with Crippen molar-refractivity contribution in [3.63, 3.8) is 0 Å². The summed E-state index contributed by atoms with van der Waals surface area (Å²) in [6, 6.07) is 7.30. The van der Waals surface area contributed by atoms with Crippen LogP contribution in [0.2, 0.25) is 5.02 Å². The van der Waals surface area contributed by atoms with Gasteiger partial charge in [0.2, 0.25) is 0 Å². The molecule has 1 atom stereocenters. The highest BCUT2D eigenvalue weighted by atomic mass is 35.5. The van der Waals surface area contributed by atoms with Crippen molar-refractivity contribution in [1.29, 1.82) is 0 Å². The van der Waals surface area contributed by atoms with Crippen LogP contribution in [-0.2, 0) is 7.05 Å². The highest BCUT2D eigenvalue weighted by molar-refractivity contribution is 6.30. The van der Waals surface area contributed by atoms with E-state index in [4.69, 9.17) is 17.3 Å². The summed E-state index contributed by atoms with van der Waals surface area (Å²) in [6.07, 6.45) is 3.61. The van der Waals surface area contributed by atoms with E-state index in [0.717, 1.165) is 11.4 Å². The molecule has 2 aromatic rings. The third-order valence-corrected chi connectivity index (χ3v) is 2.58. The van der Waals surface area contributed by atoms with Gasteiger partial charge in [-0.1, -0.05) is 23.7 Å². The van der Waals surface area contributed by atoms with Crippen LogP contribution in [0, 0.1) is 0 Å². The van der Waals surface area contributed by atoms with Crippen LogP contribution in [0.3, 0.4) is 0 Å². The van der Waals surface area contributed by atoms with Crippen LogP contribution in [0.4, 0.5) is 0 Å². The Morgan fingerprint density at radius 2 is 2.27 bits per heavy atom. The van der Waals surface area contributed by atoms with Crippen molar-refractivity contribution in [2.45, 2.75) is 6.04 Å². The van der Waals surface area contributed by atoms with Crippen molar-refractivity contribution < 1.29 is 0 Å². The minimum absolute atomic E-state index is 0.233. The molecule has 2 N–H and O–H groups in total. The molecule has 3 nitrogen and oxygen atoms in total. The second-order valence-electron chi connectivity index (χ2n) is 3.43. The quantitative estimate of drug-likeness (QED) is 0.844. The molecule has 0 saturated heterocycles. The Morgan fingerprint density at radius 1 is 1.47 bits per heavy atom. The second kappa shape index (κ2) is 4.04. The van der Waals surface area contributed by atoms with E-state index in [1.165, 1.54) is 0 Å². The number of nitrogens with zero attached hydrogens (tertiary/aromatic N) is 2. The van der Waals surface area contributed by atoms with E-state index in [1.54, 1.807) is 6.20 Å². The number of hydrogen-bond acceptors (Lipinski definition) is 2. The topological polar surface area (TPSA) is 43.8 Å². The van der Waals surface area contributed by atoms with Crippen molar-refractivity contribution in [2.75, 3.05) is 0 Å². The predicted octanol–water partition coefficient (Wildman–Crippen LogP) is 2.12. The molecule has 1 aromatic carbocycles. The van der Waals surface area contributed by atoms with Crippen LogP contribution in [0.25, 0.3) is 0 Å². The predicted molar refractivity (Wildman–Crippen MR) is 60.7 cm³/mol. The smallest absolute Gasteiger partial charge is 0.129 e. The molecule has 15 heavy (non-hydrogen) atoms. The lowest BCUT2D eigenvalue weighted by molar-refractivity contribution is 0.717. The number of nitrogens with two attached hydrogens (primary N) is 1. The maximum Gasteiger partial charge on any atom is 0.129 e. The molecular weight excluding hydrogens is 210 g/mol. The van der Waals surface area contributed by atoms with E-state index in [0.29, 0.717) is 5.02 Å². The Hall–Kier alpha value is -1.32.